The molecule has 2 aliphatic rings. The maximum atomic E-state index is 5.82. The largest absolute Gasteiger partial charge is 0.489 e. The molecule has 2 N–H and O–H groups in total. The molecule has 2 aliphatic heterocycles. The molecule has 1 aromatic rings. The second-order valence-electron chi connectivity index (χ2n) is 4.78. The summed E-state index contributed by atoms with van der Waals surface area (Å²) in [6, 6.07) is 6.45. The van der Waals surface area contributed by atoms with E-state index >= 15 is 0 Å². The summed E-state index contributed by atoms with van der Waals surface area (Å²) in [5, 5.41) is 0. The summed E-state index contributed by atoms with van der Waals surface area (Å²) in [5.74, 6) is 0.936. The van der Waals surface area contributed by atoms with Crippen molar-refractivity contribution in [3.8, 4) is 5.75 Å². The van der Waals surface area contributed by atoms with Crippen molar-refractivity contribution in [2.75, 3.05) is 43.4 Å². The van der Waals surface area contributed by atoms with Crippen molar-refractivity contribution < 1.29 is 4.74 Å². The van der Waals surface area contributed by atoms with E-state index in [0.717, 1.165) is 44.2 Å². The Kier molecular flexibility index (Phi) is 2.59. The summed E-state index contributed by atoms with van der Waals surface area (Å²) in [4.78, 5) is 4.94. The Bertz CT molecular complexity index is 421. The van der Waals surface area contributed by atoms with Gasteiger partial charge >= 0.3 is 0 Å². The van der Waals surface area contributed by atoms with Gasteiger partial charge in [0.2, 0.25) is 0 Å². The fourth-order valence-corrected chi connectivity index (χ4v) is 2.74. The number of nitrogens with two attached hydrogens (primary N) is 1. The number of likely N-dealkylation sites (N-methyl/N-ethyl adjacent to an activating group) is 1. The van der Waals surface area contributed by atoms with Gasteiger partial charge < -0.3 is 15.4 Å². The lowest BCUT2D eigenvalue weighted by Crippen LogP contribution is -2.57. The van der Waals surface area contributed by atoms with E-state index in [0.29, 0.717) is 6.04 Å². The third kappa shape index (κ3) is 1.82. The SMILES string of the molecule is CCN1CCN2c3ccc(N)cc3OC[C@@H]2C1. The second kappa shape index (κ2) is 4.11. The zero-order valence-corrected chi connectivity index (χ0v) is 10.2. The Hall–Kier alpha value is -1.42. The number of fused-ring (bicyclic) bond motifs is 3. The Morgan fingerprint density at radius 1 is 1.41 bits per heavy atom. The number of hydrogen-bond acceptors (Lipinski definition) is 4. The lowest BCUT2D eigenvalue weighted by atomic mass is 10.1. The van der Waals surface area contributed by atoms with Crippen LogP contribution in [0, 0.1) is 0 Å². The molecule has 1 saturated heterocycles. The topological polar surface area (TPSA) is 41.7 Å². The van der Waals surface area contributed by atoms with Crippen LogP contribution in [0.15, 0.2) is 18.2 Å². The van der Waals surface area contributed by atoms with Crippen LogP contribution in [0.25, 0.3) is 0 Å². The lowest BCUT2D eigenvalue weighted by molar-refractivity contribution is 0.172. The highest BCUT2D eigenvalue weighted by molar-refractivity contribution is 5.66. The van der Waals surface area contributed by atoms with Gasteiger partial charge in [0.25, 0.3) is 0 Å². The molecule has 2 heterocycles. The van der Waals surface area contributed by atoms with Gasteiger partial charge in [-0.2, -0.15) is 0 Å². The maximum absolute atomic E-state index is 5.82. The molecule has 0 amide bonds. The van der Waals surface area contributed by atoms with Crippen molar-refractivity contribution in [2.45, 2.75) is 13.0 Å². The summed E-state index contributed by atoms with van der Waals surface area (Å²) in [7, 11) is 0. The Balaban J connectivity index is 1.87. The highest BCUT2D eigenvalue weighted by Crippen LogP contribution is 2.36. The lowest BCUT2D eigenvalue weighted by Gasteiger charge is -2.45. The first-order chi connectivity index (χ1) is 8.28. The number of hydrogen-bond donors (Lipinski definition) is 1. The van der Waals surface area contributed by atoms with Crippen molar-refractivity contribution in [1.29, 1.82) is 0 Å². The van der Waals surface area contributed by atoms with E-state index in [-0.39, 0.29) is 0 Å². The first-order valence-electron chi connectivity index (χ1n) is 6.29. The smallest absolute Gasteiger partial charge is 0.144 e. The third-order valence-corrected chi connectivity index (χ3v) is 3.74. The Morgan fingerprint density at radius 3 is 3.12 bits per heavy atom. The van der Waals surface area contributed by atoms with Crippen molar-refractivity contribution >= 4 is 11.4 Å². The van der Waals surface area contributed by atoms with E-state index in [1.165, 1.54) is 5.69 Å². The Morgan fingerprint density at radius 2 is 2.29 bits per heavy atom. The van der Waals surface area contributed by atoms with E-state index in [1.807, 2.05) is 12.1 Å². The highest BCUT2D eigenvalue weighted by Gasteiger charge is 2.32. The van der Waals surface area contributed by atoms with Crippen molar-refractivity contribution in [1.82, 2.24) is 4.90 Å². The molecule has 3 rings (SSSR count). The van der Waals surface area contributed by atoms with E-state index in [4.69, 9.17) is 10.5 Å². The van der Waals surface area contributed by atoms with Crippen LogP contribution >= 0.6 is 0 Å². The predicted octanol–water partition coefficient (Wildman–Crippen LogP) is 1.17. The van der Waals surface area contributed by atoms with E-state index in [1.54, 1.807) is 0 Å². The number of rotatable bonds is 1. The van der Waals surface area contributed by atoms with Gasteiger partial charge in [-0.3, -0.25) is 4.90 Å². The van der Waals surface area contributed by atoms with Crippen molar-refractivity contribution in [3.63, 3.8) is 0 Å². The molecule has 0 aromatic heterocycles. The van der Waals surface area contributed by atoms with Gasteiger partial charge in [-0.25, -0.2) is 0 Å². The van der Waals surface area contributed by atoms with Crippen LogP contribution < -0.4 is 15.4 Å². The molecule has 0 radical (unpaired) electrons. The zero-order valence-electron chi connectivity index (χ0n) is 10.2. The quantitative estimate of drug-likeness (QED) is 0.739. The number of benzene rings is 1. The summed E-state index contributed by atoms with van der Waals surface area (Å²) in [6.07, 6.45) is 0. The average molecular weight is 233 g/mol. The molecule has 0 unspecified atom stereocenters. The van der Waals surface area contributed by atoms with Crippen LogP contribution in [0.3, 0.4) is 0 Å². The van der Waals surface area contributed by atoms with Crippen molar-refractivity contribution in [2.24, 2.45) is 0 Å². The number of ether oxygens (including phenoxy) is 1. The molecule has 0 aliphatic carbocycles. The van der Waals surface area contributed by atoms with Gasteiger partial charge in [0.1, 0.15) is 12.4 Å². The summed E-state index contributed by atoms with van der Waals surface area (Å²) >= 11 is 0. The number of nitrogen functional groups attached to an aromatic ring is 1. The molecule has 0 spiro atoms. The summed E-state index contributed by atoms with van der Waals surface area (Å²) in [5.41, 5.74) is 7.76. The average Bonchev–Trinajstić information content (AvgIpc) is 2.37. The van der Waals surface area contributed by atoms with E-state index in [9.17, 15) is 0 Å². The Labute approximate surface area is 102 Å². The van der Waals surface area contributed by atoms with Gasteiger partial charge in [0.05, 0.1) is 11.7 Å². The van der Waals surface area contributed by atoms with Gasteiger partial charge in [0.15, 0.2) is 0 Å². The van der Waals surface area contributed by atoms with Crippen LogP contribution in [0.4, 0.5) is 11.4 Å². The predicted molar refractivity (Wildman–Crippen MR) is 69.6 cm³/mol. The minimum Gasteiger partial charge on any atom is -0.489 e. The van der Waals surface area contributed by atoms with Gasteiger partial charge in [-0.1, -0.05) is 6.92 Å². The summed E-state index contributed by atoms with van der Waals surface area (Å²) < 4.78 is 5.82. The fourth-order valence-electron chi connectivity index (χ4n) is 2.74. The molecule has 1 fully saturated rings. The van der Waals surface area contributed by atoms with E-state index < -0.39 is 0 Å². The van der Waals surface area contributed by atoms with Gasteiger partial charge in [0, 0.05) is 31.4 Å². The van der Waals surface area contributed by atoms with Crippen LogP contribution in [0.2, 0.25) is 0 Å². The van der Waals surface area contributed by atoms with Crippen LogP contribution in [-0.4, -0.2) is 43.7 Å². The minimum absolute atomic E-state index is 0.486. The first kappa shape index (κ1) is 10.7. The molecule has 1 atom stereocenters. The van der Waals surface area contributed by atoms with Crippen LogP contribution in [-0.2, 0) is 0 Å². The standard InChI is InChI=1S/C13H19N3O/c1-2-15-5-6-16-11(8-15)9-17-13-7-10(14)3-4-12(13)16/h3-4,7,11H,2,5-6,8-9,14H2,1H3/t11-/m0/s1. The number of anilines is 2. The highest BCUT2D eigenvalue weighted by atomic mass is 16.5. The molecule has 17 heavy (non-hydrogen) atoms. The van der Waals surface area contributed by atoms with E-state index in [2.05, 4.69) is 22.8 Å². The van der Waals surface area contributed by atoms with Gasteiger partial charge in [-0.05, 0) is 18.7 Å². The molecule has 0 bridgehead atoms. The van der Waals surface area contributed by atoms with Gasteiger partial charge in [-0.15, -0.1) is 0 Å². The number of piperazine rings is 1. The second-order valence-corrected chi connectivity index (χ2v) is 4.78. The van der Waals surface area contributed by atoms with Crippen LogP contribution in [0.5, 0.6) is 5.75 Å². The zero-order chi connectivity index (χ0) is 11.8. The first-order valence-corrected chi connectivity index (χ1v) is 6.29. The maximum Gasteiger partial charge on any atom is 0.144 e. The molecular weight excluding hydrogens is 214 g/mol. The monoisotopic (exact) mass is 233 g/mol. The third-order valence-electron chi connectivity index (χ3n) is 3.74. The molecular formula is C13H19N3O. The van der Waals surface area contributed by atoms with Crippen LogP contribution in [0.1, 0.15) is 6.92 Å². The normalized spacial score (nSPS) is 23.8. The van der Waals surface area contributed by atoms with Crippen molar-refractivity contribution in [3.05, 3.63) is 18.2 Å². The molecule has 4 nitrogen and oxygen atoms in total. The minimum atomic E-state index is 0.486. The number of nitrogens with zero attached hydrogens (tertiary/aromatic N) is 2. The molecule has 0 saturated carbocycles. The fraction of sp³-hybridized carbons (Fsp3) is 0.538. The molecule has 4 heteroatoms. The summed E-state index contributed by atoms with van der Waals surface area (Å²) in [6.45, 7) is 7.43. The molecule has 1 aromatic carbocycles. The molecule has 92 valence electrons.